The van der Waals surface area contributed by atoms with Crippen molar-refractivity contribution in [3.63, 3.8) is 0 Å². The Morgan fingerprint density at radius 1 is 1.33 bits per heavy atom. The number of ether oxygens (including phenoxy) is 1. The minimum Gasteiger partial charge on any atom is -0.393 e. The van der Waals surface area contributed by atoms with E-state index in [1.54, 1.807) is 0 Å². The van der Waals surface area contributed by atoms with Crippen LogP contribution in [0.3, 0.4) is 0 Å². The predicted octanol–water partition coefficient (Wildman–Crippen LogP) is 3.62. The van der Waals surface area contributed by atoms with E-state index in [0.29, 0.717) is 5.92 Å². The fourth-order valence-corrected chi connectivity index (χ4v) is 4.22. The number of thioether (sulfide) groups is 1. The number of rotatable bonds is 5. The van der Waals surface area contributed by atoms with E-state index < -0.39 is 0 Å². The quantitative estimate of drug-likeness (QED) is 0.775. The molecule has 1 heterocycles. The summed E-state index contributed by atoms with van der Waals surface area (Å²) in [6, 6.07) is 0. The highest BCUT2D eigenvalue weighted by Gasteiger charge is 2.40. The molecular weight excluding hydrogens is 244 g/mol. The molecule has 1 aliphatic carbocycles. The summed E-state index contributed by atoms with van der Waals surface area (Å²) in [6.07, 6.45) is 9.45. The minimum atomic E-state index is -0.105. The van der Waals surface area contributed by atoms with Crippen molar-refractivity contribution in [2.75, 3.05) is 18.1 Å². The van der Waals surface area contributed by atoms with E-state index in [1.807, 2.05) is 11.8 Å². The van der Waals surface area contributed by atoms with E-state index in [2.05, 4.69) is 6.92 Å². The van der Waals surface area contributed by atoms with Crippen LogP contribution >= 0.6 is 11.8 Å². The summed E-state index contributed by atoms with van der Waals surface area (Å²) in [7, 11) is 0. The Morgan fingerprint density at radius 3 is 2.83 bits per heavy atom. The molecule has 0 amide bonds. The Kier molecular flexibility index (Phi) is 5.84. The molecule has 2 rings (SSSR count). The lowest BCUT2D eigenvalue weighted by atomic mass is 9.74. The van der Waals surface area contributed by atoms with Crippen LogP contribution in [0.4, 0.5) is 0 Å². The van der Waals surface area contributed by atoms with Gasteiger partial charge in [0, 0.05) is 6.61 Å². The maximum atomic E-state index is 10.3. The molecule has 0 aromatic carbocycles. The van der Waals surface area contributed by atoms with Crippen molar-refractivity contribution in [2.24, 2.45) is 5.92 Å². The van der Waals surface area contributed by atoms with Crippen molar-refractivity contribution in [1.82, 2.24) is 0 Å². The summed E-state index contributed by atoms with van der Waals surface area (Å²) in [5.74, 6) is 2.74. The summed E-state index contributed by atoms with van der Waals surface area (Å²) < 4.78 is 6.10. The summed E-state index contributed by atoms with van der Waals surface area (Å²) in [4.78, 5) is 0. The molecule has 2 aliphatic rings. The minimum absolute atomic E-state index is 0.105. The zero-order valence-electron chi connectivity index (χ0n) is 11.7. The Bertz CT molecular complexity index is 233. The first-order valence-electron chi connectivity index (χ1n) is 7.65. The Balaban J connectivity index is 1.81. The van der Waals surface area contributed by atoms with Gasteiger partial charge in [-0.3, -0.25) is 0 Å². The van der Waals surface area contributed by atoms with Gasteiger partial charge in [0.15, 0.2) is 0 Å². The van der Waals surface area contributed by atoms with E-state index in [9.17, 15) is 5.11 Å². The van der Waals surface area contributed by atoms with Gasteiger partial charge in [-0.25, -0.2) is 0 Å². The fraction of sp³-hybridized carbons (Fsp3) is 1.00. The van der Waals surface area contributed by atoms with Gasteiger partial charge in [-0.2, -0.15) is 11.8 Å². The molecule has 3 heteroatoms. The van der Waals surface area contributed by atoms with Crippen LogP contribution in [0.15, 0.2) is 0 Å². The maximum Gasteiger partial charge on any atom is 0.0686 e. The van der Waals surface area contributed by atoms with Crippen LogP contribution in [0, 0.1) is 5.92 Å². The number of hydrogen-bond donors (Lipinski definition) is 1. The van der Waals surface area contributed by atoms with Gasteiger partial charge in [0.2, 0.25) is 0 Å². The average molecular weight is 272 g/mol. The molecule has 1 aliphatic heterocycles. The molecule has 1 saturated heterocycles. The SMILES string of the molecule is CCSCCC(O)C1CCOC2(CCCCC2)C1. The second kappa shape index (κ2) is 7.16. The lowest BCUT2D eigenvalue weighted by Crippen LogP contribution is -2.44. The third-order valence-electron chi connectivity index (χ3n) is 4.60. The van der Waals surface area contributed by atoms with Gasteiger partial charge in [0.25, 0.3) is 0 Å². The van der Waals surface area contributed by atoms with E-state index >= 15 is 0 Å². The van der Waals surface area contributed by atoms with Gasteiger partial charge in [-0.15, -0.1) is 0 Å². The van der Waals surface area contributed by atoms with Crippen molar-refractivity contribution in [2.45, 2.75) is 70.0 Å². The standard InChI is InChI=1S/C15H28O2S/c1-2-18-11-7-14(16)13-6-10-17-15(12-13)8-4-3-5-9-15/h13-14,16H,2-12H2,1H3. The third-order valence-corrected chi connectivity index (χ3v) is 5.53. The molecule has 0 aromatic rings. The first-order valence-corrected chi connectivity index (χ1v) is 8.81. The van der Waals surface area contributed by atoms with Crippen molar-refractivity contribution >= 4 is 11.8 Å². The Labute approximate surface area is 116 Å². The van der Waals surface area contributed by atoms with Crippen LogP contribution in [0.25, 0.3) is 0 Å². The van der Waals surface area contributed by atoms with Gasteiger partial charge < -0.3 is 9.84 Å². The second-order valence-electron chi connectivity index (χ2n) is 5.90. The van der Waals surface area contributed by atoms with Crippen molar-refractivity contribution < 1.29 is 9.84 Å². The van der Waals surface area contributed by atoms with Crippen LogP contribution in [-0.4, -0.2) is 34.9 Å². The largest absolute Gasteiger partial charge is 0.393 e. The van der Waals surface area contributed by atoms with Crippen LogP contribution in [-0.2, 0) is 4.74 Å². The monoisotopic (exact) mass is 272 g/mol. The normalized spacial score (nSPS) is 29.3. The van der Waals surface area contributed by atoms with Gasteiger partial charge in [-0.1, -0.05) is 26.2 Å². The Morgan fingerprint density at radius 2 is 2.11 bits per heavy atom. The lowest BCUT2D eigenvalue weighted by molar-refractivity contribution is -0.133. The van der Waals surface area contributed by atoms with Gasteiger partial charge in [0.1, 0.15) is 0 Å². The van der Waals surface area contributed by atoms with Gasteiger partial charge in [-0.05, 0) is 49.5 Å². The molecule has 2 fully saturated rings. The molecule has 2 unspecified atom stereocenters. The van der Waals surface area contributed by atoms with Crippen molar-refractivity contribution in [3.05, 3.63) is 0 Å². The van der Waals surface area contributed by atoms with Gasteiger partial charge in [0.05, 0.1) is 11.7 Å². The van der Waals surface area contributed by atoms with E-state index in [0.717, 1.165) is 37.4 Å². The lowest BCUT2D eigenvalue weighted by Gasteiger charge is -2.44. The fourth-order valence-electron chi connectivity index (χ4n) is 3.52. The molecule has 0 bridgehead atoms. The molecule has 0 aromatic heterocycles. The summed E-state index contributed by atoms with van der Waals surface area (Å²) in [5, 5.41) is 10.3. The molecule has 2 atom stereocenters. The van der Waals surface area contributed by atoms with Crippen LogP contribution in [0.2, 0.25) is 0 Å². The topological polar surface area (TPSA) is 29.5 Å². The molecule has 1 saturated carbocycles. The summed E-state index contributed by atoms with van der Waals surface area (Å²) in [6.45, 7) is 3.05. The molecule has 106 valence electrons. The predicted molar refractivity (Wildman–Crippen MR) is 78.1 cm³/mol. The molecule has 1 spiro atoms. The van der Waals surface area contributed by atoms with Crippen molar-refractivity contribution in [3.8, 4) is 0 Å². The molecule has 0 radical (unpaired) electrons. The average Bonchev–Trinajstić information content (AvgIpc) is 2.40. The van der Waals surface area contributed by atoms with Gasteiger partial charge >= 0.3 is 0 Å². The zero-order chi connectivity index (χ0) is 12.8. The highest BCUT2D eigenvalue weighted by molar-refractivity contribution is 7.99. The number of hydrogen-bond acceptors (Lipinski definition) is 3. The molecule has 1 N–H and O–H groups in total. The Hall–Kier alpha value is 0.270. The van der Waals surface area contributed by atoms with Crippen LogP contribution in [0.5, 0.6) is 0 Å². The van der Waals surface area contributed by atoms with E-state index in [4.69, 9.17) is 4.74 Å². The van der Waals surface area contributed by atoms with E-state index in [1.165, 1.54) is 32.1 Å². The van der Waals surface area contributed by atoms with Crippen LogP contribution in [0.1, 0.15) is 58.3 Å². The first-order chi connectivity index (χ1) is 8.76. The molecule has 18 heavy (non-hydrogen) atoms. The first kappa shape index (κ1) is 14.7. The molecular formula is C15H28O2S. The summed E-state index contributed by atoms with van der Waals surface area (Å²) >= 11 is 1.94. The number of aliphatic hydroxyl groups is 1. The maximum absolute atomic E-state index is 10.3. The number of aliphatic hydroxyl groups excluding tert-OH is 1. The second-order valence-corrected chi connectivity index (χ2v) is 7.29. The highest BCUT2D eigenvalue weighted by Crippen LogP contribution is 2.41. The smallest absolute Gasteiger partial charge is 0.0686 e. The van der Waals surface area contributed by atoms with Crippen LogP contribution < -0.4 is 0 Å². The zero-order valence-corrected chi connectivity index (χ0v) is 12.5. The molecule has 2 nitrogen and oxygen atoms in total. The third kappa shape index (κ3) is 3.88. The van der Waals surface area contributed by atoms with Crippen molar-refractivity contribution in [1.29, 1.82) is 0 Å². The highest BCUT2D eigenvalue weighted by atomic mass is 32.2. The summed E-state index contributed by atoms with van der Waals surface area (Å²) in [5.41, 5.74) is 0.139. The van der Waals surface area contributed by atoms with E-state index in [-0.39, 0.29) is 11.7 Å².